The van der Waals surface area contributed by atoms with E-state index in [1.165, 1.54) is 34.8 Å². The Balaban J connectivity index is 1.94. The summed E-state index contributed by atoms with van der Waals surface area (Å²) >= 11 is 2.83. The third kappa shape index (κ3) is 3.43. The molecule has 0 saturated carbocycles. The van der Waals surface area contributed by atoms with Crippen LogP contribution in [0.2, 0.25) is 0 Å². The van der Waals surface area contributed by atoms with Gasteiger partial charge in [0.25, 0.3) is 5.69 Å². The first kappa shape index (κ1) is 16.5. The lowest BCUT2D eigenvalue weighted by atomic mass is 10.2. The summed E-state index contributed by atoms with van der Waals surface area (Å²) in [5.41, 5.74) is 0.509. The van der Waals surface area contributed by atoms with Crippen LogP contribution in [-0.2, 0) is 10.0 Å². The van der Waals surface area contributed by atoms with E-state index in [1.54, 1.807) is 0 Å². The number of primary sulfonamides is 1. The van der Waals surface area contributed by atoms with E-state index in [1.807, 2.05) is 22.9 Å². The van der Waals surface area contributed by atoms with E-state index in [0.717, 1.165) is 16.6 Å². The summed E-state index contributed by atoms with van der Waals surface area (Å²) in [6.45, 7) is 0. The summed E-state index contributed by atoms with van der Waals surface area (Å²) in [5.74, 6) is 0. The van der Waals surface area contributed by atoms with Gasteiger partial charge >= 0.3 is 0 Å². The molecule has 8 nitrogen and oxygen atoms in total. The second kappa shape index (κ2) is 6.28. The number of hydrogen-bond acceptors (Lipinski definition) is 8. The van der Waals surface area contributed by atoms with E-state index in [9.17, 15) is 18.5 Å². The molecule has 0 saturated heterocycles. The molecule has 0 aliphatic carbocycles. The lowest BCUT2D eigenvalue weighted by molar-refractivity contribution is -0.384. The van der Waals surface area contributed by atoms with Gasteiger partial charge in [0, 0.05) is 11.4 Å². The normalized spacial score (nSPS) is 11.4. The Labute approximate surface area is 144 Å². The fourth-order valence-electron chi connectivity index (χ4n) is 1.93. The van der Waals surface area contributed by atoms with Crippen molar-refractivity contribution in [2.75, 3.05) is 5.32 Å². The molecule has 2 heterocycles. The number of anilines is 2. The Morgan fingerprint density at radius 2 is 2.04 bits per heavy atom. The molecular weight excluding hydrogens is 372 g/mol. The number of rotatable bonds is 5. The smallest absolute Gasteiger partial charge is 0.294 e. The number of thiazole rings is 1. The van der Waals surface area contributed by atoms with Crippen molar-refractivity contribution >= 4 is 49.2 Å². The molecular formula is C13H10N4O4S3. The van der Waals surface area contributed by atoms with Crippen molar-refractivity contribution in [2.24, 2.45) is 5.14 Å². The maximum atomic E-state index is 11.3. The van der Waals surface area contributed by atoms with Gasteiger partial charge in [-0.1, -0.05) is 6.07 Å². The number of nitrogens with zero attached hydrogens (tertiary/aromatic N) is 2. The van der Waals surface area contributed by atoms with Crippen LogP contribution in [0, 0.1) is 10.1 Å². The number of hydrogen-bond donors (Lipinski definition) is 2. The second-order valence-electron chi connectivity index (χ2n) is 4.62. The Bertz CT molecular complexity index is 996. The molecule has 0 atom stereocenters. The monoisotopic (exact) mass is 382 g/mol. The maximum absolute atomic E-state index is 11.3. The minimum absolute atomic E-state index is 0.138. The molecule has 2 aromatic heterocycles. The van der Waals surface area contributed by atoms with Crippen molar-refractivity contribution < 1.29 is 13.3 Å². The lowest BCUT2D eigenvalue weighted by Gasteiger charge is -2.05. The quantitative estimate of drug-likeness (QED) is 0.515. The topological polar surface area (TPSA) is 128 Å². The largest absolute Gasteiger partial charge is 0.326 e. The molecule has 3 aromatic rings. The number of nitro benzene ring substituents is 1. The molecule has 124 valence electrons. The van der Waals surface area contributed by atoms with Crippen LogP contribution in [0.25, 0.3) is 10.6 Å². The van der Waals surface area contributed by atoms with E-state index in [0.29, 0.717) is 5.13 Å². The van der Waals surface area contributed by atoms with Crippen molar-refractivity contribution in [1.29, 1.82) is 0 Å². The SMILES string of the molecule is NS(=O)(=O)c1ccc(Nc2nc(-c3cccs3)cs2)c([N+](=O)[O-])c1. The number of nitrogens with one attached hydrogen (secondary N) is 1. The zero-order chi connectivity index (χ0) is 17.3. The highest BCUT2D eigenvalue weighted by molar-refractivity contribution is 7.89. The number of thiophene rings is 1. The van der Waals surface area contributed by atoms with E-state index < -0.39 is 20.6 Å². The lowest BCUT2D eigenvalue weighted by Crippen LogP contribution is -2.12. The van der Waals surface area contributed by atoms with Crippen LogP contribution in [0.1, 0.15) is 0 Å². The predicted molar refractivity (Wildman–Crippen MR) is 93.2 cm³/mol. The third-order valence-corrected chi connectivity index (χ3v) is 5.57. The standard InChI is InChI=1S/C13H10N4O4S3/c14-24(20,21)8-3-4-9(11(6-8)17(18)19)15-13-16-10(7-23-13)12-2-1-5-22-12/h1-7H,(H,15,16)(H2,14,20,21). The zero-order valence-corrected chi connectivity index (χ0v) is 14.3. The van der Waals surface area contributed by atoms with Gasteiger partial charge in [0.05, 0.1) is 20.4 Å². The van der Waals surface area contributed by atoms with Crippen LogP contribution in [0.3, 0.4) is 0 Å². The number of aromatic nitrogens is 1. The van der Waals surface area contributed by atoms with Gasteiger partial charge in [-0.25, -0.2) is 18.5 Å². The van der Waals surface area contributed by atoms with Crippen molar-refractivity contribution in [3.8, 4) is 10.6 Å². The molecule has 0 fully saturated rings. The number of nitrogens with two attached hydrogens (primary N) is 1. The molecule has 0 spiro atoms. The Kier molecular flexibility index (Phi) is 4.32. The number of nitro groups is 1. The van der Waals surface area contributed by atoms with Crippen LogP contribution < -0.4 is 10.5 Å². The van der Waals surface area contributed by atoms with Gasteiger partial charge in [-0.2, -0.15) is 0 Å². The first-order valence-electron chi connectivity index (χ1n) is 6.42. The van der Waals surface area contributed by atoms with E-state index >= 15 is 0 Å². The van der Waals surface area contributed by atoms with Crippen LogP contribution in [0.15, 0.2) is 46.0 Å². The van der Waals surface area contributed by atoms with Gasteiger partial charge in [0.2, 0.25) is 10.0 Å². The van der Waals surface area contributed by atoms with Gasteiger partial charge in [0.1, 0.15) is 5.69 Å². The summed E-state index contributed by atoms with van der Waals surface area (Å²) in [6.07, 6.45) is 0. The fourth-order valence-corrected chi connectivity index (χ4v) is 3.95. The van der Waals surface area contributed by atoms with E-state index in [4.69, 9.17) is 5.14 Å². The fraction of sp³-hybridized carbons (Fsp3) is 0. The Morgan fingerprint density at radius 3 is 2.67 bits per heavy atom. The number of benzene rings is 1. The molecule has 3 N–H and O–H groups in total. The Hall–Kier alpha value is -2.34. The average Bonchev–Trinajstić information content (AvgIpc) is 3.16. The predicted octanol–water partition coefficient (Wildman–Crippen LogP) is 3.17. The van der Waals surface area contributed by atoms with Gasteiger partial charge < -0.3 is 5.32 Å². The molecule has 24 heavy (non-hydrogen) atoms. The van der Waals surface area contributed by atoms with Crippen LogP contribution in [-0.4, -0.2) is 18.3 Å². The highest BCUT2D eigenvalue weighted by Gasteiger charge is 2.20. The highest BCUT2D eigenvalue weighted by atomic mass is 32.2. The molecule has 3 rings (SSSR count). The zero-order valence-electron chi connectivity index (χ0n) is 11.9. The first-order chi connectivity index (χ1) is 11.3. The molecule has 0 aliphatic heterocycles. The highest BCUT2D eigenvalue weighted by Crippen LogP contribution is 2.33. The first-order valence-corrected chi connectivity index (χ1v) is 9.73. The van der Waals surface area contributed by atoms with Crippen molar-refractivity contribution in [3.05, 3.63) is 51.2 Å². The molecule has 0 bridgehead atoms. The third-order valence-electron chi connectivity index (χ3n) is 3.01. The minimum Gasteiger partial charge on any atom is -0.326 e. The van der Waals surface area contributed by atoms with Crippen LogP contribution in [0.4, 0.5) is 16.5 Å². The van der Waals surface area contributed by atoms with Crippen LogP contribution in [0.5, 0.6) is 0 Å². The van der Waals surface area contributed by atoms with Crippen molar-refractivity contribution in [1.82, 2.24) is 4.98 Å². The van der Waals surface area contributed by atoms with E-state index in [2.05, 4.69) is 10.3 Å². The summed E-state index contributed by atoms with van der Waals surface area (Å²) < 4.78 is 22.7. The van der Waals surface area contributed by atoms with Gasteiger partial charge in [0.15, 0.2) is 5.13 Å². The maximum Gasteiger partial charge on any atom is 0.294 e. The number of sulfonamides is 1. The molecule has 1 aromatic carbocycles. The summed E-state index contributed by atoms with van der Waals surface area (Å²) in [6, 6.07) is 7.25. The second-order valence-corrected chi connectivity index (χ2v) is 7.99. The van der Waals surface area contributed by atoms with Crippen LogP contribution >= 0.6 is 22.7 Å². The molecule has 0 aliphatic rings. The van der Waals surface area contributed by atoms with Gasteiger partial charge in [-0.05, 0) is 23.6 Å². The molecule has 0 unspecified atom stereocenters. The van der Waals surface area contributed by atoms with E-state index in [-0.39, 0.29) is 10.6 Å². The van der Waals surface area contributed by atoms with Crippen molar-refractivity contribution in [3.63, 3.8) is 0 Å². The summed E-state index contributed by atoms with van der Waals surface area (Å²) in [7, 11) is -4.02. The van der Waals surface area contributed by atoms with Crippen molar-refractivity contribution in [2.45, 2.75) is 4.90 Å². The minimum atomic E-state index is -4.02. The van der Waals surface area contributed by atoms with Gasteiger partial charge in [-0.3, -0.25) is 10.1 Å². The summed E-state index contributed by atoms with van der Waals surface area (Å²) in [4.78, 5) is 15.6. The molecule has 0 amide bonds. The Morgan fingerprint density at radius 1 is 1.25 bits per heavy atom. The van der Waals surface area contributed by atoms with Gasteiger partial charge in [-0.15, -0.1) is 22.7 Å². The molecule has 11 heteroatoms. The summed E-state index contributed by atoms with van der Waals surface area (Å²) in [5, 5.41) is 23.3. The average molecular weight is 382 g/mol. The molecule has 0 radical (unpaired) electrons.